The fraction of sp³-hybridized carbons (Fsp3) is 1.00. The first-order valence-corrected chi connectivity index (χ1v) is 11.8. The van der Waals surface area contributed by atoms with Crippen molar-refractivity contribution < 1.29 is 0 Å². The molecule has 26 heavy (non-hydrogen) atoms. The van der Waals surface area contributed by atoms with E-state index in [4.69, 9.17) is 5.73 Å². The van der Waals surface area contributed by atoms with E-state index >= 15 is 0 Å². The van der Waals surface area contributed by atoms with Gasteiger partial charge in [-0.2, -0.15) is 0 Å². The molecule has 0 aliphatic heterocycles. The molecule has 0 heterocycles. The van der Waals surface area contributed by atoms with Crippen molar-refractivity contribution in [1.29, 1.82) is 0 Å². The highest BCUT2D eigenvalue weighted by atomic mass is 79.9. The summed E-state index contributed by atoms with van der Waals surface area (Å²) in [5, 5.41) is 0. The molecule has 0 saturated carbocycles. The normalized spacial score (nSPS) is 11.5. The van der Waals surface area contributed by atoms with E-state index in [1.807, 2.05) is 0 Å². The summed E-state index contributed by atoms with van der Waals surface area (Å²) < 4.78 is 0. The standard InChI is InChI=1S/C24H51N.BrH/c1-4-5-6-7-8-9-10-11-12-13-14-15-16-17-18-19-20-21-22-23-24(2,3)25;/h4-23,25H2,1-3H3;1H. The van der Waals surface area contributed by atoms with Crippen molar-refractivity contribution in [2.24, 2.45) is 5.73 Å². The van der Waals surface area contributed by atoms with Crippen LogP contribution in [0.25, 0.3) is 0 Å². The van der Waals surface area contributed by atoms with E-state index in [2.05, 4.69) is 20.8 Å². The van der Waals surface area contributed by atoms with Gasteiger partial charge in [0.25, 0.3) is 0 Å². The van der Waals surface area contributed by atoms with E-state index in [0.717, 1.165) is 0 Å². The Morgan fingerprint density at radius 1 is 0.462 bits per heavy atom. The number of nitrogens with two attached hydrogens (primary N) is 1. The topological polar surface area (TPSA) is 26.0 Å². The summed E-state index contributed by atoms with van der Waals surface area (Å²) in [4.78, 5) is 0. The van der Waals surface area contributed by atoms with Crippen LogP contribution in [0, 0.1) is 0 Å². The average Bonchev–Trinajstić information content (AvgIpc) is 2.56. The van der Waals surface area contributed by atoms with E-state index in [1.165, 1.54) is 128 Å². The second kappa shape index (κ2) is 21.7. The molecule has 2 N–H and O–H groups in total. The van der Waals surface area contributed by atoms with Crippen LogP contribution in [0.5, 0.6) is 0 Å². The van der Waals surface area contributed by atoms with Gasteiger partial charge in [0, 0.05) is 5.54 Å². The molecular formula is C24H52BrN. The van der Waals surface area contributed by atoms with Crippen LogP contribution >= 0.6 is 17.0 Å². The molecule has 0 radical (unpaired) electrons. The molecule has 0 unspecified atom stereocenters. The first-order chi connectivity index (χ1) is 12.1. The van der Waals surface area contributed by atoms with Crippen molar-refractivity contribution in [3.8, 4) is 0 Å². The van der Waals surface area contributed by atoms with Crippen molar-refractivity contribution >= 4 is 17.0 Å². The number of rotatable bonds is 20. The summed E-state index contributed by atoms with van der Waals surface area (Å²) in [7, 11) is 0. The fourth-order valence-corrected chi connectivity index (χ4v) is 3.66. The largest absolute Gasteiger partial charge is 0.326 e. The highest BCUT2D eigenvalue weighted by Crippen LogP contribution is 2.16. The van der Waals surface area contributed by atoms with Gasteiger partial charge in [-0.25, -0.2) is 0 Å². The predicted molar refractivity (Wildman–Crippen MR) is 127 cm³/mol. The second-order valence-corrected chi connectivity index (χ2v) is 9.10. The molecule has 2 heteroatoms. The van der Waals surface area contributed by atoms with Crippen LogP contribution in [-0.2, 0) is 0 Å². The summed E-state index contributed by atoms with van der Waals surface area (Å²) in [6.45, 7) is 6.58. The van der Waals surface area contributed by atoms with Gasteiger partial charge < -0.3 is 5.73 Å². The Hall–Kier alpha value is 0.440. The SMILES string of the molecule is Br.CCCCCCCCCCCCCCCCCCCCCC(C)(C)N. The molecule has 0 fully saturated rings. The first-order valence-electron chi connectivity index (χ1n) is 11.8. The Balaban J connectivity index is 0. The summed E-state index contributed by atoms with van der Waals surface area (Å²) in [6, 6.07) is 0. The van der Waals surface area contributed by atoms with Crippen molar-refractivity contribution in [3.05, 3.63) is 0 Å². The summed E-state index contributed by atoms with van der Waals surface area (Å²) >= 11 is 0. The van der Waals surface area contributed by atoms with E-state index in [1.54, 1.807) is 0 Å². The third-order valence-electron chi connectivity index (χ3n) is 5.42. The van der Waals surface area contributed by atoms with Gasteiger partial charge in [0.15, 0.2) is 0 Å². The molecule has 1 nitrogen and oxygen atoms in total. The van der Waals surface area contributed by atoms with Gasteiger partial charge in [0.2, 0.25) is 0 Å². The Kier molecular flexibility index (Phi) is 24.0. The van der Waals surface area contributed by atoms with Crippen LogP contribution < -0.4 is 5.73 Å². The Bertz CT molecular complexity index is 247. The Labute approximate surface area is 177 Å². The molecule has 0 aliphatic carbocycles. The maximum Gasteiger partial charge on any atom is 0.00970 e. The zero-order valence-electron chi connectivity index (χ0n) is 18.6. The molecule has 0 atom stereocenters. The fourth-order valence-electron chi connectivity index (χ4n) is 3.66. The number of unbranched alkanes of at least 4 members (excludes halogenated alkanes) is 18. The molecule has 0 aromatic rings. The van der Waals surface area contributed by atoms with Gasteiger partial charge in [0.1, 0.15) is 0 Å². The lowest BCUT2D eigenvalue weighted by Gasteiger charge is -2.17. The average molecular weight is 435 g/mol. The smallest absolute Gasteiger partial charge is 0.00970 e. The minimum Gasteiger partial charge on any atom is -0.326 e. The first kappa shape index (κ1) is 28.6. The Morgan fingerprint density at radius 2 is 0.692 bits per heavy atom. The van der Waals surface area contributed by atoms with Gasteiger partial charge in [-0.1, -0.05) is 129 Å². The third-order valence-corrected chi connectivity index (χ3v) is 5.42. The summed E-state index contributed by atoms with van der Waals surface area (Å²) in [5.41, 5.74) is 6.05. The van der Waals surface area contributed by atoms with E-state index in [9.17, 15) is 0 Å². The highest BCUT2D eigenvalue weighted by Gasteiger charge is 2.08. The highest BCUT2D eigenvalue weighted by molar-refractivity contribution is 8.93. The molecule has 0 saturated heterocycles. The van der Waals surface area contributed by atoms with E-state index in [0.29, 0.717) is 0 Å². The minimum absolute atomic E-state index is 0. The van der Waals surface area contributed by atoms with Crippen molar-refractivity contribution in [1.82, 2.24) is 0 Å². The monoisotopic (exact) mass is 433 g/mol. The van der Waals surface area contributed by atoms with Crippen LogP contribution in [0.1, 0.15) is 149 Å². The summed E-state index contributed by atoms with van der Waals surface area (Å²) in [5.74, 6) is 0. The molecule has 0 bridgehead atoms. The lowest BCUT2D eigenvalue weighted by atomic mass is 9.97. The van der Waals surface area contributed by atoms with E-state index < -0.39 is 0 Å². The molecule has 0 aromatic heterocycles. The molecule has 0 aliphatic rings. The summed E-state index contributed by atoms with van der Waals surface area (Å²) in [6.07, 6.45) is 28.6. The number of hydrogen-bond donors (Lipinski definition) is 1. The molecular weight excluding hydrogens is 382 g/mol. The maximum atomic E-state index is 6.01. The van der Waals surface area contributed by atoms with Crippen LogP contribution in [0.4, 0.5) is 0 Å². The zero-order valence-corrected chi connectivity index (χ0v) is 20.3. The van der Waals surface area contributed by atoms with Crippen LogP contribution in [0.3, 0.4) is 0 Å². The van der Waals surface area contributed by atoms with Crippen LogP contribution in [-0.4, -0.2) is 5.54 Å². The molecule has 0 rings (SSSR count). The maximum absolute atomic E-state index is 6.01. The van der Waals surface area contributed by atoms with Gasteiger partial charge in [-0.15, -0.1) is 17.0 Å². The molecule has 0 amide bonds. The van der Waals surface area contributed by atoms with Crippen LogP contribution in [0.2, 0.25) is 0 Å². The lowest BCUT2D eigenvalue weighted by Crippen LogP contribution is -2.31. The predicted octanol–water partition coefficient (Wildman–Crippen LogP) is 9.12. The quantitative estimate of drug-likeness (QED) is 0.190. The van der Waals surface area contributed by atoms with Crippen molar-refractivity contribution in [2.45, 2.75) is 155 Å². The second-order valence-electron chi connectivity index (χ2n) is 9.10. The van der Waals surface area contributed by atoms with Crippen LogP contribution in [0.15, 0.2) is 0 Å². The molecule has 0 aromatic carbocycles. The third kappa shape index (κ3) is 26.7. The lowest BCUT2D eigenvalue weighted by molar-refractivity contribution is 0.440. The molecule has 160 valence electrons. The zero-order chi connectivity index (χ0) is 18.6. The van der Waals surface area contributed by atoms with Gasteiger partial charge in [-0.05, 0) is 20.3 Å². The van der Waals surface area contributed by atoms with Crippen molar-refractivity contribution in [2.75, 3.05) is 0 Å². The van der Waals surface area contributed by atoms with Gasteiger partial charge in [-0.3, -0.25) is 0 Å². The molecule has 0 spiro atoms. The van der Waals surface area contributed by atoms with E-state index in [-0.39, 0.29) is 22.5 Å². The van der Waals surface area contributed by atoms with Gasteiger partial charge in [0.05, 0.1) is 0 Å². The number of hydrogen-bond acceptors (Lipinski definition) is 1. The van der Waals surface area contributed by atoms with Gasteiger partial charge >= 0.3 is 0 Å². The Morgan fingerprint density at radius 3 is 0.923 bits per heavy atom. The number of halogens is 1. The van der Waals surface area contributed by atoms with Crippen molar-refractivity contribution in [3.63, 3.8) is 0 Å². The minimum atomic E-state index is 0.